The van der Waals surface area contributed by atoms with E-state index in [1.54, 1.807) is 72.8 Å². The number of carbonyl (C=O) groups excluding carboxylic acids is 3. The Morgan fingerprint density at radius 1 is 0.444 bits per heavy atom. The number of hydrogen-bond acceptors (Lipinski definition) is 9. The van der Waals surface area contributed by atoms with Crippen molar-refractivity contribution in [3.63, 3.8) is 0 Å². The summed E-state index contributed by atoms with van der Waals surface area (Å²) in [5.74, 6) is -1.26. The number of aromatic nitrogens is 3. The van der Waals surface area contributed by atoms with Crippen molar-refractivity contribution in [2.45, 2.75) is 59.7 Å². The van der Waals surface area contributed by atoms with Crippen molar-refractivity contribution < 1.29 is 28.6 Å². The highest BCUT2D eigenvalue weighted by Gasteiger charge is 2.19. The lowest BCUT2D eigenvalue weighted by Gasteiger charge is -2.14. The Kier molecular flexibility index (Phi) is 10.6. The molecule has 0 fully saturated rings. The number of benzene rings is 3. The van der Waals surface area contributed by atoms with Crippen molar-refractivity contribution in [1.82, 2.24) is 13.7 Å². The molecular formula is C33H33N3O9. The van der Waals surface area contributed by atoms with Crippen LogP contribution >= 0.6 is 0 Å². The Hall–Kier alpha value is -5.52. The number of hydrogen-bond donors (Lipinski definition) is 0. The van der Waals surface area contributed by atoms with Crippen LogP contribution in [-0.4, -0.2) is 31.6 Å². The van der Waals surface area contributed by atoms with E-state index < -0.39 is 54.6 Å². The van der Waals surface area contributed by atoms with E-state index in [1.807, 2.05) is 20.8 Å². The molecule has 4 rings (SSSR count). The van der Waals surface area contributed by atoms with Crippen molar-refractivity contribution in [1.29, 1.82) is 0 Å². The van der Waals surface area contributed by atoms with Gasteiger partial charge in [-0.15, -0.1) is 0 Å². The molecule has 3 aromatic carbocycles. The molecule has 1 aromatic heterocycles. The molecule has 0 radical (unpaired) electrons. The van der Waals surface area contributed by atoms with Gasteiger partial charge in [-0.1, -0.05) is 53.1 Å². The third kappa shape index (κ3) is 8.99. The molecule has 1 heterocycles. The van der Waals surface area contributed by atoms with Gasteiger partial charge >= 0.3 is 35.0 Å². The van der Waals surface area contributed by atoms with Gasteiger partial charge in [0, 0.05) is 19.6 Å². The highest BCUT2D eigenvalue weighted by atomic mass is 16.5. The lowest BCUT2D eigenvalue weighted by Crippen LogP contribution is -2.55. The summed E-state index contributed by atoms with van der Waals surface area (Å²) < 4.78 is 18.0. The molecule has 12 nitrogen and oxygen atoms in total. The van der Waals surface area contributed by atoms with Crippen molar-refractivity contribution >= 4 is 17.9 Å². The van der Waals surface area contributed by atoms with Crippen LogP contribution in [0.2, 0.25) is 0 Å². The summed E-state index contributed by atoms with van der Waals surface area (Å²) >= 11 is 0. The van der Waals surface area contributed by atoms with Gasteiger partial charge in [-0.2, -0.15) is 0 Å². The number of aryl methyl sites for hydroxylation is 3. The largest absolute Gasteiger partial charge is 0.426 e. The van der Waals surface area contributed by atoms with Gasteiger partial charge in [0.2, 0.25) is 0 Å². The number of esters is 3. The van der Waals surface area contributed by atoms with Gasteiger partial charge in [0.1, 0.15) is 17.2 Å². The second-order valence-corrected chi connectivity index (χ2v) is 10.4. The molecule has 234 valence electrons. The van der Waals surface area contributed by atoms with Crippen molar-refractivity contribution in [3.05, 3.63) is 121 Å². The normalized spacial score (nSPS) is 10.7. The van der Waals surface area contributed by atoms with Crippen LogP contribution in [0.25, 0.3) is 0 Å². The Morgan fingerprint density at radius 3 is 0.889 bits per heavy atom. The molecule has 4 aromatic rings. The average Bonchev–Trinajstić information content (AvgIpc) is 3.00. The molecule has 0 saturated heterocycles. The molecule has 0 aliphatic carbocycles. The summed E-state index contributed by atoms with van der Waals surface area (Å²) in [7, 11) is 0. The van der Waals surface area contributed by atoms with E-state index in [4.69, 9.17) is 14.2 Å². The van der Waals surface area contributed by atoms with Gasteiger partial charge in [0.15, 0.2) is 0 Å². The summed E-state index contributed by atoms with van der Waals surface area (Å²) in [6.45, 7) is 4.39. The lowest BCUT2D eigenvalue weighted by molar-refractivity contribution is -0.135. The zero-order chi connectivity index (χ0) is 32.5. The zero-order valence-electron chi connectivity index (χ0n) is 25.2. The maximum Gasteiger partial charge on any atom is 0.336 e. The first-order chi connectivity index (χ1) is 21.5. The van der Waals surface area contributed by atoms with Gasteiger partial charge in [0.25, 0.3) is 0 Å². The maximum atomic E-state index is 13.3. The zero-order valence-corrected chi connectivity index (χ0v) is 25.2. The van der Waals surface area contributed by atoms with E-state index in [0.717, 1.165) is 16.7 Å². The topological polar surface area (TPSA) is 145 Å². The smallest absolute Gasteiger partial charge is 0.336 e. The highest BCUT2D eigenvalue weighted by molar-refractivity contribution is 5.73. The highest BCUT2D eigenvalue weighted by Crippen LogP contribution is 2.14. The van der Waals surface area contributed by atoms with Gasteiger partial charge < -0.3 is 14.2 Å². The van der Waals surface area contributed by atoms with Crippen LogP contribution in [0.5, 0.6) is 17.2 Å². The van der Waals surface area contributed by atoms with E-state index in [9.17, 15) is 28.8 Å². The Labute approximate surface area is 258 Å². The molecule has 0 atom stereocenters. The van der Waals surface area contributed by atoms with Crippen molar-refractivity contribution in [2.75, 3.05) is 0 Å². The van der Waals surface area contributed by atoms with Crippen LogP contribution in [0, 0.1) is 20.8 Å². The van der Waals surface area contributed by atoms with Crippen LogP contribution < -0.4 is 31.3 Å². The Bertz CT molecular complexity index is 1600. The SMILES string of the molecule is Cc1ccc(OC(=O)CCn2c(=O)n(CCC(=O)Oc3ccc(C)cc3)c(=O)n(CCC(=O)Oc3ccc(C)cc3)c2=O)cc1. The third-order valence-corrected chi connectivity index (χ3v) is 6.76. The third-order valence-electron chi connectivity index (χ3n) is 6.76. The Morgan fingerprint density at radius 2 is 0.667 bits per heavy atom. The molecule has 0 amide bonds. The van der Waals surface area contributed by atoms with Crippen LogP contribution in [0.4, 0.5) is 0 Å². The van der Waals surface area contributed by atoms with Crippen LogP contribution in [0.15, 0.2) is 87.2 Å². The minimum absolute atomic E-state index is 0.291. The maximum absolute atomic E-state index is 13.3. The quantitative estimate of drug-likeness (QED) is 0.173. The van der Waals surface area contributed by atoms with Gasteiger partial charge in [-0.25, -0.2) is 28.1 Å². The van der Waals surface area contributed by atoms with E-state index in [0.29, 0.717) is 30.9 Å². The van der Waals surface area contributed by atoms with Crippen molar-refractivity contribution in [3.8, 4) is 17.2 Å². The summed E-state index contributed by atoms with van der Waals surface area (Å²) in [6.07, 6.45) is -1.11. The molecule has 0 aliphatic rings. The van der Waals surface area contributed by atoms with Crippen LogP contribution in [0.3, 0.4) is 0 Å². The second kappa shape index (κ2) is 14.8. The molecule has 12 heteroatoms. The van der Waals surface area contributed by atoms with Gasteiger partial charge in [-0.05, 0) is 57.2 Å². The summed E-state index contributed by atoms with van der Waals surface area (Å²) in [4.78, 5) is 77.4. The first kappa shape index (κ1) is 32.4. The van der Waals surface area contributed by atoms with Crippen LogP contribution in [-0.2, 0) is 34.0 Å². The Balaban J connectivity index is 1.54. The fourth-order valence-corrected chi connectivity index (χ4v) is 4.23. The molecule has 0 N–H and O–H groups in total. The molecule has 0 saturated carbocycles. The average molecular weight is 616 g/mol. The summed E-state index contributed by atoms with van der Waals surface area (Å²) in [5, 5.41) is 0. The first-order valence-corrected chi connectivity index (χ1v) is 14.3. The van der Waals surface area contributed by atoms with E-state index >= 15 is 0 Å². The molecule has 45 heavy (non-hydrogen) atoms. The number of rotatable bonds is 12. The standard InChI is InChI=1S/C33H33N3O9/c1-22-4-10-25(11-5-22)43-28(37)16-19-34-31(40)35(20-17-29(38)44-26-12-6-23(2)7-13-26)33(42)36(32(34)41)21-18-30(39)45-27-14-8-24(3)9-15-27/h4-15H,16-21H2,1-3H3. The predicted molar refractivity (Wildman–Crippen MR) is 164 cm³/mol. The number of ether oxygens (including phenoxy) is 3. The fraction of sp³-hybridized carbons (Fsp3) is 0.273. The van der Waals surface area contributed by atoms with E-state index in [2.05, 4.69) is 0 Å². The predicted octanol–water partition coefficient (Wildman–Crippen LogP) is 3.08. The first-order valence-electron chi connectivity index (χ1n) is 14.3. The number of nitrogens with zero attached hydrogens (tertiary/aromatic N) is 3. The van der Waals surface area contributed by atoms with Crippen LogP contribution in [0.1, 0.15) is 36.0 Å². The molecule has 0 spiro atoms. The van der Waals surface area contributed by atoms with Gasteiger partial charge in [0.05, 0.1) is 19.3 Å². The summed E-state index contributed by atoms with van der Waals surface area (Å²) in [6, 6.07) is 20.2. The minimum Gasteiger partial charge on any atom is -0.426 e. The molecule has 0 aliphatic heterocycles. The second-order valence-electron chi connectivity index (χ2n) is 10.4. The van der Waals surface area contributed by atoms with E-state index in [-0.39, 0.29) is 19.3 Å². The fourth-order valence-electron chi connectivity index (χ4n) is 4.23. The molecule has 0 unspecified atom stereocenters. The summed E-state index contributed by atoms with van der Waals surface area (Å²) in [5.41, 5.74) is -0.154. The molecule has 0 bridgehead atoms. The van der Waals surface area contributed by atoms with E-state index in [1.165, 1.54) is 0 Å². The minimum atomic E-state index is -1.02. The molecular weight excluding hydrogens is 582 g/mol. The monoisotopic (exact) mass is 615 g/mol. The number of carbonyl (C=O) groups is 3. The van der Waals surface area contributed by atoms with Gasteiger partial charge in [-0.3, -0.25) is 14.4 Å². The lowest BCUT2D eigenvalue weighted by atomic mass is 10.2. The van der Waals surface area contributed by atoms with Crippen molar-refractivity contribution in [2.24, 2.45) is 0 Å².